The number of aryl methyl sites for hydroxylation is 1. The SMILES string of the molecule is Cc1cncc(C2=C(O)c3ccccc3C2=O)n1. The zero-order valence-corrected chi connectivity index (χ0v) is 9.71. The van der Waals surface area contributed by atoms with Gasteiger partial charge in [0.2, 0.25) is 0 Å². The standard InChI is InChI=1S/C14H10N2O2/c1-8-6-15-7-11(16-8)12-13(17)9-4-2-3-5-10(9)14(12)18/h2-7,17H,1H3. The van der Waals surface area contributed by atoms with Crippen molar-refractivity contribution in [3.8, 4) is 0 Å². The van der Waals surface area contributed by atoms with Crippen molar-refractivity contribution in [2.24, 2.45) is 0 Å². The van der Waals surface area contributed by atoms with Crippen LogP contribution < -0.4 is 0 Å². The Kier molecular flexibility index (Phi) is 2.23. The summed E-state index contributed by atoms with van der Waals surface area (Å²) in [5.74, 6) is -0.224. The predicted molar refractivity (Wildman–Crippen MR) is 67.0 cm³/mol. The first-order valence-corrected chi connectivity index (χ1v) is 5.55. The molecule has 1 heterocycles. The molecule has 0 aliphatic heterocycles. The smallest absolute Gasteiger partial charge is 0.199 e. The van der Waals surface area contributed by atoms with Crippen LogP contribution in [0.3, 0.4) is 0 Å². The maximum atomic E-state index is 12.2. The Morgan fingerprint density at radius 1 is 1.11 bits per heavy atom. The van der Waals surface area contributed by atoms with Crippen LogP contribution in [0.1, 0.15) is 27.3 Å². The van der Waals surface area contributed by atoms with Gasteiger partial charge in [-0.1, -0.05) is 24.3 Å². The number of aromatic nitrogens is 2. The minimum absolute atomic E-state index is 0.0181. The fourth-order valence-corrected chi connectivity index (χ4v) is 2.09. The third-order valence-electron chi connectivity index (χ3n) is 2.90. The van der Waals surface area contributed by atoms with Crippen molar-refractivity contribution >= 4 is 17.1 Å². The second kappa shape index (κ2) is 3.77. The van der Waals surface area contributed by atoms with E-state index in [1.807, 2.05) is 0 Å². The number of nitrogens with zero attached hydrogens (tertiary/aromatic N) is 2. The quantitative estimate of drug-likeness (QED) is 0.828. The first kappa shape index (κ1) is 10.7. The zero-order chi connectivity index (χ0) is 12.7. The Labute approximate surface area is 104 Å². The second-order valence-electron chi connectivity index (χ2n) is 4.14. The van der Waals surface area contributed by atoms with Crippen molar-refractivity contribution in [3.63, 3.8) is 0 Å². The highest BCUT2D eigenvalue weighted by atomic mass is 16.3. The number of aliphatic hydroxyl groups is 1. The van der Waals surface area contributed by atoms with Gasteiger partial charge in [0.25, 0.3) is 0 Å². The second-order valence-corrected chi connectivity index (χ2v) is 4.14. The molecule has 1 aromatic carbocycles. The minimum atomic E-state index is -0.206. The number of benzene rings is 1. The molecule has 4 heteroatoms. The molecule has 1 aromatic heterocycles. The molecule has 0 spiro atoms. The molecule has 3 rings (SSSR count). The van der Waals surface area contributed by atoms with E-state index in [1.165, 1.54) is 6.20 Å². The van der Waals surface area contributed by atoms with Crippen molar-refractivity contribution in [2.75, 3.05) is 0 Å². The van der Waals surface area contributed by atoms with Gasteiger partial charge in [0.15, 0.2) is 5.78 Å². The fraction of sp³-hybridized carbons (Fsp3) is 0.0714. The Bertz CT molecular complexity index is 690. The van der Waals surface area contributed by atoms with Crippen molar-refractivity contribution in [2.45, 2.75) is 6.92 Å². The number of hydrogen-bond donors (Lipinski definition) is 1. The molecule has 2 aromatic rings. The summed E-state index contributed by atoms with van der Waals surface area (Å²) in [4.78, 5) is 20.5. The van der Waals surface area contributed by atoms with Crippen molar-refractivity contribution in [1.82, 2.24) is 9.97 Å². The highest BCUT2D eigenvalue weighted by molar-refractivity contribution is 6.38. The van der Waals surface area contributed by atoms with E-state index in [1.54, 1.807) is 37.4 Å². The van der Waals surface area contributed by atoms with Gasteiger partial charge in [0.1, 0.15) is 5.76 Å². The molecule has 1 N–H and O–H groups in total. The van der Waals surface area contributed by atoms with E-state index in [0.717, 1.165) is 0 Å². The third kappa shape index (κ3) is 1.43. The van der Waals surface area contributed by atoms with Crippen LogP contribution in [0, 0.1) is 6.92 Å². The number of carbonyl (C=O) groups is 1. The lowest BCUT2D eigenvalue weighted by Crippen LogP contribution is -2.01. The highest BCUT2D eigenvalue weighted by Crippen LogP contribution is 2.35. The van der Waals surface area contributed by atoms with Crippen LogP contribution in [0.4, 0.5) is 0 Å². The molecule has 88 valence electrons. The Morgan fingerprint density at radius 2 is 1.83 bits per heavy atom. The Morgan fingerprint density at radius 3 is 2.50 bits per heavy atom. The van der Waals surface area contributed by atoms with Crippen LogP contribution >= 0.6 is 0 Å². The topological polar surface area (TPSA) is 63.1 Å². The average Bonchev–Trinajstić information content (AvgIpc) is 2.63. The number of allylic oxidation sites excluding steroid dienone is 1. The summed E-state index contributed by atoms with van der Waals surface area (Å²) in [6, 6.07) is 6.98. The molecule has 0 unspecified atom stereocenters. The molecule has 0 radical (unpaired) electrons. The molecule has 0 amide bonds. The van der Waals surface area contributed by atoms with Gasteiger partial charge in [-0.2, -0.15) is 0 Å². The normalized spacial score (nSPS) is 13.9. The van der Waals surface area contributed by atoms with Gasteiger partial charge in [0.05, 0.1) is 23.2 Å². The number of hydrogen-bond acceptors (Lipinski definition) is 4. The maximum absolute atomic E-state index is 12.2. The molecule has 0 bridgehead atoms. The lowest BCUT2D eigenvalue weighted by Gasteiger charge is -2.01. The van der Waals surface area contributed by atoms with Gasteiger partial charge in [0, 0.05) is 17.3 Å². The number of carbonyl (C=O) groups excluding carboxylic acids is 1. The average molecular weight is 238 g/mol. The maximum Gasteiger partial charge on any atom is 0.199 e. The van der Waals surface area contributed by atoms with Crippen molar-refractivity contribution in [3.05, 3.63) is 59.2 Å². The summed E-state index contributed by atoms with van der Waals surface area (Å²) in [7, 11) is 0. The molecule has 4 nitrogen and oxygen atoms in total. The number of Topliss-reactive ketones (excluding diaryl/α,β-unsaturated/α-hetero) is 1. The lowest BCUT2D eigenvalue weighted by molar-refractivity contribution is 0.105. The number of rotatable bonds is 1. The van der Waals surface area contributed by atoms with E-state index in [4.69, 9.17) is 0 Å². The van der Waals surface area contributed by atoms with E-state index in [9.17, 15) is 9.90 Å². The van der Waals surface area contributed by atoms with E-state index in [0.29, 0.717) is 22.5 Å². The molecule has 1 aliphatic rings. The van der Waals surface area contributed by atoms with E-state index in [-0.39, 0.29) is 17.1 Å². The molecule has 0 fully saturated rings. The minimum Gasteiger partial charge on any atom is -0.506 e. The van der Waals surface area contributed by atoms with E-state index >= 15 is 0 Å². The van der Waals surface area contributed by atoms with Crippen LogP contribution in [0.5, 0.6) is 0 Å². The van der Waals surface area contributed by atoms with Gasteiger partial charge in [-0.3, -0.25) is 9.78 Å². The van der Waals surface area contributed by atoms with Gasteiger partial charge in [-0.15, -0.1) is 0 Å². The summed E-state index contributed by atoms with van der Waals surface area (Å²) in [6.45, 7) is 1.79. The zero-order valence-electron chi connectivity index (χ0n) is 9.71. The van der Waals surface area contributed by atoms with Gasteiger partial charge in [-0.05, 0) is 6.92 Å². The summed E-state index contributed by atoms with van der Waals surface area (Å²) in [5.41, 5.74) is 2.41. The highest BCUT2D eigenvalue weighted by Gasteiger charge is 2.31. The first-order valence-electron chi connectivity index (χ1n) is 5.55. The number of ketones is 1. The Balaban J connectivity index is 2.21. The lowest BCUT2D eigenvalue weighted by atomic mass is 10.1. The first-order chi connectivity index (χ1) is 8.68. The molecule has 0 saturated heterocycles. The molecular weight excluding hydrogens is 228 g/mol. The van der Waals surface area contributed by atoms with Crippen LogP contribution in [-0.4, -0.2) is 20.9 Å². The van der Waals surface area contributed by atoms with Crippen LogP contribution in [0.15, 0.2) is 36.7 Å². The summed E-state index contributed by atoms with van der Waals surface area (Å²) < 4.78 is 0. The van der Waals surface area contributed by atoms with Crippen molar-refractivity contribution in [1.29, 1.82) is 0 Å². The molecule has 18 heavy (non-hydrogen) atoms. The fourth-order valence-electron chi connectivity index (χ4n) is 2.09. The molecule has 1 aliphatic carbocycles. The van der Waals surface area contributed by atoms with Gasteiger partial charge >= 0.3 is 0 Å². The summed E-state index contributed by atoms with van der Waals surface area (Å²) >= 11 is 0. The molecule has 0 atom stereocenters. The molecular formula is C14H10N2O2. The van der Waals surface area contributed by atoms with Gasteiger partial charge in [-0.25, -0.2) is 4.98 Å². The van der Waals surface area contributed by atoms with E-state index < -0.39 is 0 Å². The monoisotopic (exact) mass is 238 g/mol. The van der Waals surface area contributed by atoms with Crippen LogP contribution in [0.25, 0.3) is 11.3 Å². The van der Waals surface area contributed by atoms with Gasteiger partial charge < -0.3 is 5.11 Å². The Hall–Kier alpha value is -2.49. The van der Waals surface area contributed by atoms with Crippen LogP contribution in [0.2, 0.25) is 0 Å². The van der Waals surface area contributed by atoms with Crippen molar-refractivity contribution < 1.29 is 9.90 Å². The summed E-state index contributed by atoms with van der Waals surface area (Å²) in [6.07, 6.45) is 3.09. The summed E-state index contributed by atoms with van der Waals surface area (Å²) in [5, 5.41) is 10.1. The molecule has 0 saturated carbocycles. The third-order valence-corrected chi connectivity index (χ3v) is 2.90. The number of fused-ring (bicyclic) bond motifs is 1. The van der Waals surface area contributed by atoms with Crippen LogP contribution in [-0.2, 0) is 0 Å². The predicted octanol–water partition coefficient (Wildman–Crippen LogP) is 2.41. The number of aliphatic hydroxyl groups excluding tert-OH is 1. The largest absolute Gasteiger partial charge is 0.506 e. The van der Waals surface area contributed by atoms with E-state index in [2.05, 4.69) is 9.97 Å².